The van der Waals surface area contributed by atoms with Crippen LogP contribution in [0.5, 0.6) is 0 Å². The molecule has 2 fully saturated rings. The smallest absolute Gasteiger partial charge is 0.273 e. The number of nitrogens with one attached hydrogen (secondary N) is 1. The first-order chi connectivity index (χ1) is 16.1. The van der Waals surface area contributed by atoms with Crippen LogP contribution in [-0.4, -0.2) is 58.1 Å². The molecule has 7 nitrogen and oxygen atoms in total. The largest absolute Gasteiger partial charge is 0.369 e. The van der Waals surface area contributed by atoms with Crippen LogP contribution >= 0.6 is 0 Å². The molecule has 168 valence electrons. The molecule has 2 aromatic heterocycles. The van der Waals surface area contributed by atoms with Gasteiger partial charge >= 0.3 is 0 Å². The van der Waals surface area contributed by atoms with Gasteiger partial charge in [-0.15, -0.1) is 0 Å². The number of benzene rings is 2. The van der Waals surface area contributed by atoms with Gasteiger partial charge in [0.2, 0.25) is 0 Å². The van der Waals surface area contributed by atoms with Gasteiger partial charge in [0.25, 0.3) is 5.56 Å². The molecule has 0 bridgehead atoms. The molecule has 8 heteroatoms. The van der Waals surface area contributed by atoms with Crippen LogP contribution in [0.15, 0.2) is 53.3 Å². The van der Waals surface area contributed by atoms with Crippen molar-refractivity contribution in [2.45, 2.75) is 18.8 Å². The molecule has 0 unspecified atom stereocenters. The standard InChI is InChI=1S/C25H25FN6O/c1-30-11-13-31(14-12-30)18-9-7-17(8-10-18)23-24-21(27-28-23)15-22(33)32(29-24)25-19(16-5-6-16)3-2-4-20(25)26/h2-4,7-10,15-16,27H,5-6,11-14H2,1H3. The van der Waals surface area contributed by atoms with Crippen molar-refractivity contribution in [1.29, 1.82) is 0 Å². The number of hydrogen-bond acceptors (Lipinski definition) is 5. The lowest BCUT2D eigenvalue weighted by Gasteiger charge is -2.34. The fourth-order valence-corrected chi connectivity index (χ4v) is 4.62. The SMILES string of the molecule is CN1CCN(c2ccc(-c3n[nH]c4cc(=O)n(-c5c(F)cccc5C5CC5)nc34)cc2)CC1. The summed E-state index contributed by atoms with van der Waals surface area (Å²) in [5, 5.41) is 11.9. The maximum absolute atomic E-state index is 14.9. The Bertz CT molecular complexity index is 1380. The summed E-state index contributed by atoms with van der Waals surface area (Å²) in [6.45, 7) is 4.10. The number of likely N-dealkylation sites (N-methyl/N-ethyl adjacent to an activating group) is 1. The maximum atomic E-state index is 14.9. The van der Waals surface area contributed by atoms with Crippen LogP contribution in [0.4, 0.5) is 10.1 Å². The van der Waals surface area contributed by atoms with Gasteiger partial charge in [-0.3, -0.25) is 9.89 Å². The highest BCUT2D eigenvalue weighted by Crippen LogP contribution is 2.43. The Kier molecular flexibility index (Phi) is 4.76. The van der Waals surface area contributed by atoms with E-state index in [4.69, 9.17) is 0 Å². The second-order valence-electron chi connectivity index (χ2n) is 9.02. The molecule has 2 aliphatic rings. The van der Waals surface area contributed by atoms with Gasteiger partial charge in [-0.2, -0.15) is 14.9 Å². The van der Waals surface area contributed by atoms with Crippen LogP contribution in [0, 0.1) is 5.82 Å². The van der Waals surface area contributed by atoms with E-state index >= 15 is 0 Å². The van der Waals surface area contributed by atoms with E-state index in [9.17, 15) is 9.18 Å². The molecular weight excluding hydrogens is 419 g/mol. The van der Waals surface area contributed by atoms with Crippen LogP contribution in [0.2, 0.25) is 0 Å². The van der Waals surface area contributed by atoms with Gasteiger partial charge in [-0.1, -0.05) is 24.3 Å². The normalized spacial score (nSPS) is 17.1. The summed E-state index contributed by atoms with van der Waals surface area (Å²) in [5.74, 6) is -0.152. The number of rotatable bonds is 4. The summed E-state index contributed by atoms with van der Waals surface area (Å²) in [4.78, 5) is 17.6. The third-order valence-electron chi connectivity index (χ3n) is 6.70. The number of piperazine rings is 1. The molecule has 1 aliphatic carbocycles. The van der Waals surface area contributed by atoms with Gasteiger partial charge in [0.1, 0.15) is 22.7 Å². The summed E-state index contributed by atoms with van der Waals surface area (Å²) in [7, 11) is 2.14. The van der Waals surface area contributed by atoms with Crippen molar-refractivity contribution in [2.24, 2.45) is 0 Å². The summed E-state index contributed by atoms with van der Waals surface area (Å²) >= 11 is 0. The van der Waals surface area contributed by atoms with E-state index in [2.05, 4.69) is 44.3 Å². The number of fused-ring (bicyclic) bond motifs is 1. The Labute approximate surface area is 190 Å². The molecule has 0 atom stereocenters. The first-order valence-electron chi connectivity index (χ1n) is 11.4. The van der Waals surface area contributed by atoms with Crippen LogP contribution in [0.3, 0.4) is 0 Å². The fourth-order valence-electron chi connectivity index (χ4n) is 4.62. The first-order valence-corrected chi connectivity index (χ1v) is 11.4. The van der Waals surface area contributed by atoms with E-state index in [0.717, 1.165) is 50.1 Å². The number of halogens is 1. The molecule has 1 saturated carbocycles. The lowest BCUT2D eigenvalue weighted by Crippen LogP contribution is -2.44. The Morgan fingerprint density at radius 1 is 1.03 bits per heavy atom. The highest BCUT2D eigenvalue weighted by Gasteiger charge is 2.29. The number of nitrogens with zero attached hydrogens (tertiary/aromatic N) is 5. The monoisotopic (exact) mass is 444 g/mol. The molecule has 0 amide bonds. The Morgan fingerprint density at radius 2 is 1.79 bits per heavy atom. The van der Waals surface area contributed by atoms with Crippen molar-refractivity contribution in [1.82, 2.24) is 24.9 Å². The molecule has 33 heavy (non-hydrogen) atoms. The molecule has 2 aromatic carbocycles. The highest BCUT2D eigenvalue weighted by atomic mass is 19.1. The van der Waals surface area contributed by atoms with Crippen molar-refractivity contribution in [3.8, 4) is 16.9 Å². The molecule has 1 saturated heterocycles. The molecule has 4 aromatic rings. The zero-order valence-corrected chi connectivity index (χ0v) is 18.5. The fraction of sp³-hybridized carbons (Fsp3) is 0.320. The second-order valence-corrected chi connectivity index (χ2v) is 9.02. The first kappa shape index (κ1) is 20.1. The highest BCUT2D eigenvalue weighted by molar-refractivity contribution is 5.89. The minimum absolute atomic E-state index is 0.254. The lowest BCUT2D eigenvalue weighted by molar-refractivity contribution is 0.313. The number of H-pyrrole nitrogens is 1. The predicted octanol–water partition coefficient (Wildman–Crippen LogP) is 3.54. The zero-order valence-electron chi connectivity index (χ0n) is 18.5. The minimum atomic E-state index is -0.435. The van der Waals surface area contributed by atoms with E-state index in [1.807, 2.05) is 18.2 Å². The van der Waals surface area contributed by atoms with Gasteiger partial charge in [-0.25, -0.2) is 4.39 Å². The predicted molar refractivity (Wildman–Crippen MR) is 127 cm³/mol. The van der Waals surface area contributed by atoms with Crippen LogP contribution in [0.1, 0.15) is 24.3 Å². The quantitative estimate of drug-likeness (QED) is 0.521. The molecule has 1 N–H and O–H groups in total. The van der Waals surface area contributed by atoms with Crippen molar-refractivity contribution in [2.75, 3.05) is 38.1 Å². The topological polar surface area (TPSA) is 70.0 Å². The summed E-state index contributed by atoms with van der Waals surface area (Å²) < 4.78 is 16.1. The Balaban J connectivity index is 1.40. The Morgan fingerprint density at radius 3 is 2.52 bits per heavy atom. The number of para-hydroxylation sites is 1. The lowest BCUT2D eigenvalue weighted by atomic mass is 10.1. The molecule has 6 rings (SSSR count). The van der Waals surface area contributed by atoms with Crippen molar-refractivity contribution in [3.05, 3.63) is 70.3 Å². The number of anilines is 1. The van der Waals surface area contributed by atoms with Crippen LogP contribution in [0.25, 0.3) is 28.0 Å². The summed E-state index contributed by atoms with van der Waals surface area (Å²) in [6.07, 6.45) is 2.01. The van der Waals surface area contributed by atoms with E-state index in [0.29, 0.717) is 16.7 Å². The van der Waals surface area contributed by atoms with Gasteiger partial charge < -0.3 is 9.80 Å². The van der Waals surface area contributed by atoms with Gasteiger partial charge in [0, 0.05) is 43.5 Å². The third-order valence-corrected chi connectivity index (χ3v) is 6.70. The molecule has 3 heterocycles. The average molecular weight is 445 g/mol. The number of hydrogen-bond donors (Lipinski definition) is 1. The molecule has 0 spiro atoms. The van der Waals surface area contributed by atoms with Gasteiger partial charge in [0.05, 0.1) is 5.52 Å². The second kappa shape index (κ2) is 7.81. The van der Waals surface area contributed by atoms with E-state index in [1.165, 1.54) is 22.5 Å². The van der Waals surface area contributed by atoms with Gasteiger partial charge in [-0.05, 0) is 49.6 Å². The zero-order chi connectivity index (χ0) is 22.5. The van der Waals surface area contributed by atoms with E-state index < -0.39 is 5.82 Å². The van der Waals surface area contributed by atoms with Gasteiger partial charge in [0.15, 0.2) is 0 Å². The maximum Gasteiger partial charge on any atom is 0.273 e. The average Bonchev–Trinajstić information content (AvgIpc) is 3.60. The number of aromatic nitrogens is 4. The van der Waals surface area contributed by atoms with Crippen LogP contribution < -0.4 is 10.5 Å². The number of aromatic amines is 1. The van der Waals surface area contributed by atoms with Crippen molar-refractivity contribution in [3.63, 3.8) is 0 Å². The molecule has 1 aliphatic heterocycles. The van der Waals surface area contributed by atoms with Crippen molar-refractivity contribution < 1.29 is 4.39 Å². The minimum Gasteiger partial charge on any atom is -0.369 e. The molecular formula is C25H25FN6O. The van der Waals surface area contributed by atoms with Crippen molar-refractivity contribution >= 4 is 16.7 Å². The van der Waals surface area contributed by atoms with E-state index in [1.54, 1.807) is 6.07 Å². The Hall–Kier alpha value is -3.52. The van der Waals surface area contributed by atoms with E-state index in [-0.39, 0.29) is 17.2 Å². The van der Waals surface area contributed by atoms with Crippen LogP contribution in [-0.2, 0) is 0 Å². The third kappa shape index (κ3) is 3.60. The summed E-state index contributed by atoms with van der Waals surface area (Å²) in [6, 6.07) is 14.7. The summed E-state index contributed by atoms with van der Waals surface area (Å²) in [5.41, 5.74) is 4.52. The molecule has 0 radical (unpaired) electrons.